The highest BCUT2D eigenvalue weighted by atomic mass is 32.2. The van der Waals surface area contributed by atoms with Gasteiger partial charge in [-0.25, -0.2) is 8.42 Å². The Bertz CT molecular complexity index is 493. The van der Waals surface area contributed by atoms with Gasteiger partial charge in [0.1, 0.15) is 5.78 Å². The molecular weight excluding hydrogens is 200 g/mol. The largest absolute Gasteiger partial charge is 0.299 e. The first-order valence-corrected chi connectivity index (χ1v) is 7.01. The Hall–Kier alpha value is -0.380. The van der Waals surface area contributed by atoms with E-state index >= 15 is 0 Å². The van der Waals surface area contributed by atoms with E-state index in [-0.39, 0.29) is 22.3 Å². The maximum absolute atomic E-state index is 12.1. The number of hydrogen-bond donors (Lipinski definition) is 0. The van der Waals surface area contributed by atoms with E-state index in [4.69, 9.17) is 0 Å². The Kier molecular flexibility index (Phi) is 0.752. The smallest absolute Gasteiger partial charge is 0.158 e. The lowest BCUT2D eigenvalue weighted by molar-refractivity contribution is -0.126. The molecule has 0 N–H and O–H groups in total. The van der Waals surface area contributed by atoms with Gasteiger partial charge < -0.3 is 0 Å². The number of sulfone groups is 1. The first-order valence-electron chi connectivity index (χ1n) is 5.40. The third kappa shape index (κ3) is 0.369. The fourth-order valence-electron chi connectivity index (χ4n) is 5.73. The van der Waals surface area contributed by atoms with Gasteiger partial charge in [0.25, 0.3) is 0 Å². The number of Topliss-reactive ketones (excluding diaryl/α,β-unsaturated/α-hetero) is 1. The van der Waals surface area contributed by atoms with Crippen LogP contribution in [0.15, 0.2) is 0 Å². The fourth-order valence-corrected chi connectivity index (χ4v) is 9.16. The number of rotatable bonds is 0. The molecule has 2 bridgehead atoms. The van der Waals surface area contributed by atoms with Gasteiger partial charge in [0.2, 0.25) is 0 Å². The maximum Gasteiger partial charge on any atom is 0.158 e. The van der Waals surface area contributed by atoms with Gasteiger partial charge in [0.05, 0.1) is 10.5 Å². The highest BCUT2D eigenvalue weighted by molar-refractivity contribution is 7.93. The molecule has 0 unspecified atom stereocenters. The Morgan fingerprint density at radius 2 is 1.79 bits per heavy atom. The molecule has 14 heavy (non-hydrogen) atoms. The van der Waals surface area contributed by atoms with Gasteiger partial charge in [0, 0.05) is 11.8 Å². The van der Waals surface area contributed by atoms with Gasteiger partial charge in [-0.15, -0.1) is 0 Å². The van der Waals surface area contributed by atoms with Crippen LogP contribution in [0.1, 0.15) is 6.42 Å². The molecule has 4 saturated carbocycles. The zero-order valence-corrected chi connectivity index (χ0v) is 8.28. The summed E-state index contributed by atoms with van der Waals surface area (Å²) in [4.78, 5) is 11.9. The normalized spacial score (nSPS) is 73.3. The van der Waals surface area contributed by atoms with Crippen molar-refractivity contribution < 1.29 is 13.2 Å². The van der Waals surface area contributed by atoms with Crippen LogP contribution in [0.4, 0.5) is 0 Å². The minimum atomic E-state index is -2.90. The van der Waals surface area contributed by atoms with Crippen molar-refractivity contribution in [3.63, 3.8) is 0 Å². The summed E-state index contributed by atoms with van der Waals surface area (Å²) in [5, 5.41) is -0.455. The third-order valence-electron chi connectivity index (χ3n) is 5.78. The second-order valence-corrected chi connectivity index (χ2v) is 7.96. The molecule has 0 amide bonds. The molecule has 3 nitrogen and oxygen atoms in total. The number of carbonyl (C=O) groups excluding carboxylic acids is 1. The molecule has 0 aromatic carbocycles. The molecule has 4 aliphatic carbocycles. The zero-order valence-electron chi connectivity index (χ0n) is 7.46. The zero-order chi connectivity index (χ0) is 9.40. The van der Waals surface area contributed by atoms with Crippen LogP contribution in [0.3, 0.4) is 0 Å². The Balaban J connectivity index is 1.95. The maximum atomic E-state index is 12.1. The van der Waals surface area contributed by atoms with Crippen molar-refractivity contribution in [3.8, 4) is 0 Å². The van der Waals surface area contributed by atoms with Crippen LogP contribution in [-0.4, -0.2) is 24.7 Å². The highest BCUT2D eigenvalue weighted by Gasteiger charge is 2.86. The molecule has 8 atom stereocenters. The summed E-state index contributed by atoms with van der Waals surface area (Å²) in [5.74, 6) is 1.97. The lowest BCUT2D eigenvalue weighted by atomic mass is 9.64. The number of ketones is 1. The van der Waals surface area contributed by atoms with Crippen molar-refractivity contribution in [1.82, 2.24) is 0 Å². The van der Waals surface area contributed by atoms with Crippen LogP contribution >= 0.6 is 0 Å². The van der Waals surface area contributed by atoms with E-state index in [1.807, 2.05) is 0 Å². The summed E-state index contributed by atoms with van der Waals surface area (Å²) in [6, 6.07) is 0. The summed E-state index contributed by atoms with van der Waals surface area (Å²) in [5.41, 5.74) is 0. The van der Waals surface area contributed by atoms with Crippen LogP contribution in [0.2, 0.25) is 0 Å². The summed E-state index contributed by atoms with van der Waals surface area (Å²) < 4.78 is 24.2. The van der Waals surface area contributed by atoms with Crippen molar-refractivity contribution in [2.24, 2.45) is 35.5 Å². The van der Waals surface area contributed by atoms with Gasteiger partial charge in [-0.1, -0.05) is 0 Å². The topological polar surface area (TPSA) is 51.2 Å². The molecule has 1 heterocycles. The molecule has 5 fully saturated rings. The first-order chi connectivity index (χ1) is 6.64. The van der Waals surface area contributed by atoms with E-state index < -0.39 is 9.84 Å². The Labute approximate surface area is 81.8 Å². The van der Waals surface area contributed by atoms with Gasteiger partial charge in [-0.05, 0) is 30.1 Å². The SMILES string of the molecule is O=C1[C@@H]2[C@@H]3C[C@@H]4[C@H]5[C@@H]3[C@H]1[C@@H]5S(=O)(=O)[C@H]42. The fraction of sp³-hybridized carbons (Fsp3) is 0.900. The second kappa shape index (κ2) is 1.51. The number of carbonyl (C=O) groups is 1. The van der Waals surface area contributed by atoms with Crippen LogP contribution in [-0.2, 0) is 14.6 Å². The molecule has 4 heteroatoms. The summed E-state index contributed by atoms with van der Waals surface area (Å²) in [6.07, 6.45) is 1.04. The summed E-state index contributed by atoms with van der Waals surface area (Å²) >= 11 is 0. The Morgan fingerprint density at radius 3 is 2.57 bits per heavy atom. The molecule has 0 aromatic rings. The van der Waals surface area contributed by atoms with Crippen LogP contribution in [0, 0.1) is 35.5 Å². The molecule has 1 aliphatic heterocycles. The summed E-state index contributed by atoms with van der Waals surface area (Å²) in [7, 11) is -2.90. The predicted molar refractivity (Wildman–Crippen MR) is 47.1 cm³/mol. The summed E-state index contributed by atoms with van der Waals surface area (Å²) in [6.45, 7) is 0. The molecule has 74 valence electrons. The minimum absolute atomic E-state index is 0.0521. The molecule has 0 aromatic heterocycles. The lowest BCUT2D eigenvalue weighted by Gasteiger charge is -2.42. The third-order valence-corrected chi connectivity index (χ3v) is 8.55. The Morgan fingerprint density at radius 1 is 1.00 bits per heavy atom. The van der Waals surface area contributed by atoms with Gasteiger partial charge in [0.15, 0.2) is 9.84 Å². The average Bonchev–Trinajstić information content (AvgIpc) is 2.52. The van der Waals surface area contributed by atoms with Crippen molar-refractivity contribution in [1.29, 1.82) is 0 Å². The number of hydrogen-bond acceptors (Lipinski definition) is 3. The van der Waals surface area contributed by atoms with Gasteiger partial charge >= 0.3 is 0 Å². The van der Waals surface area contributed by atoms with E-state index in [0.29, 0.717) is 29.5 Å². The van der Waals surface area contributed by atoms with E-state index in [1.165, 1.54) is 0 Å². The lowest BCUT2D eigenvalue weighted by Crippen LogP contribution is -2.52. The average molecular weight is 210 g/mol. The van der Waals surface area contributed by atoms with Crippen LogP contribution < -0.4 is 0 Å². The molecule has 5 aliphatic rings. The highest BCUT2D eigenvalue weighted by Crippen LogP contribution is 2.78. The molecule has 0 spiro atoms. The van der Waals surface area contributed by atoms with E-state index in [1.54, 1.807) is 0 Å². The van der Waals surface area contributed by atoms with Gasteiger partial charge in [-0.2, -0.15) is 0 Å². The molecule has 1 saturated heterocycles. The van der Waals surface area contributed by atoms with Crippen molar-refractivity contribution in [3.05, 3.63) is 0 Å². The standard InChI is InChI=1S/C10H10O3S/c11-8-6-2-1-3-5-4(2)7(8)10(5)14(12,13)9(3)6/h2-7,9-10H,1H2/t2-,3-,4-,5+,6+,7-,9-,10-/m1/s1. The van der Waals surface area contributed by atoms with E-state index in [0.717, 1.165) is 6.42 Å². The van der Waals surface area contributed by atoms with E-state index in [2.05, 4.69) is 0 Å². The second-order valence-electron chi connectivity index (χ2n) is 5.69. The predicted octanol–water partition coefficient (Wildman–Crippen LogP) is -0.137. The van der Waals surface area contributed by atoms with Crippen molar-refractivity contribution in [2.45, 2.75) is 16.9 Å². The monoisotopic (exact) mass is 210 g/mol. The molecular formula is C10H10O3S. The molecule has 0 radical (unpaired) electrons. The first kappa shape index (κ1) is 6.99. The van der Waals surface area contributed by atoms with E-state index in [9.17, 15) is 13.2 Å². The van der Waals surface area contributed by atoms with Crippen LogP contribution in [0.25, 0.3) is 0 Å². The van der Waals surface area contributed by atoms with Gasteiger partial charge in [-0.3, -0.25) is 4.79 Å². The van der Waals surface area contributed by atoms with Crippen molar-refractivity contribution >= 4 is 15.6 Å². The van der Waals surface area contributed by atoms with Crippen LogP contribution in [0.5, 0.6) is 0 Å². The van der Waals surface area contributed by atoms with Crippen molar-refractivity contribution in [2.75, 3.05) is 0 Å². The molecule has 5 rings (SSSR count). The quantitative estimate of drug-likeness (QED) is 0.559. The number of fused-ring (bicyclic) bond motifs is 2. The minimum Gasteiger partial charge on any atom is -0.299 e.